The predicted octanol–water partition coefficient (Wildman–Crippen LogP) is 1.25. The number of tetrazole rings is 1. The molecule has 0 atom stereocenters. The topological polar surface area (TPSA) is 108 Å². The number of benzene rings is 1. The normalized spacial score (nSPS) is 10.5. The molecule has 0 spiro atoms. The summed E-state index contributed by atoms with van der Waals surface area (Å²) in [6, 6.07) is 7.29. The van der Waals surface area contributed by atoms with E-state index in [-0.39, 0.29) is 11.7 Å². The molecule has 9 nitrogen and oxygen atoms in total. The fraction of sp³-hybridized carbons (Fsp3) is 0.167. The minimum absolute atomic E-state index is 0.163. The Labute approximate surface area is 139 Å². The summed E-state index contributed by atoms with van der Waals surface area (Å²) in [7, 11) is 1.60. The van der Waals surface area contributed by atoms with Gasteiger partial charge in [0.25, 0.3) is 0 Å². The molecule has 0 bridgehead atoms. The van der Waals surface area contributed by atoms with E-state index in [2.05, 4.69) is 31.0 Å². The number of nitrogens with one attached hydrogen (secondary N) is 1. The van der Waals surface area contributed by atoms with Gasteiger partial charge in [0.2, 0.25) is 16.2 Å². The van der Waals surface area contributed by atoms with Gasteiger partial charge in [-0.25, -0.2) is 0 Å². The Morgan fingerprint density at radius 1 is 1.35 bits per heavy atom. The Bertz CT molecular complexity index is 773. The van der Waals surface area contributed by atoms with Gasteiger partial charge < -0.3 is 4.74 Å². The summed E-state index contributed by atoms with van der Waals surface area (Å²) in [6.07, 6.45) is 0. The van der Waals surface area contributed by atoms with Crippen molar-refractivity contribution >= 4 is 34.1 Å². The quantitative estimate of drug-likeness (QED) is 0.663. The summed E-state index contributed by atoms with van der Waals surface area (Å²) in [5.41, 5.74) is 2.33. The minimum Gasteiger partial charge on any atom is -0.497 e. The number of nitrogens with zero attached hydrogens (tertiary/aromatic N) is 6. The highest BCUT2D eigenvalue weighted by Gasteiger charge is 2.12. The molecule has 3 aromatic rings. The molecule has 2 heterocycles. The molecule has 11 heteroatoms. The van der Waals surface area contributed by atoms with E-state index in [1.165, 1.54) is 23.1 Å². The summed E-state index contributed by atoms with van der Waals surface area (Å²) < 4.78 is 6.67. The third-order valence-electron chi connectivity index (χ3n) is 2.70. The van der Waals surface area contributed by atoms with Crippen molar-refractivity contribution in [3.8, 4) is 11.4 Å². The van der Waals surface area contributed by atoms with Crippen LogP contribution in [0.15, 0.2) is 34.9 Å². The van der Waals surface area contributed by atoms with Crippen molar-refractivity contribution in [1.29, 1.82) is 0 Å². The number of thioether (sulfide) groups is 1. The first-order valence-electron chi connectivity index (χ1n) is 6.38. The third kappa shape index (κ3) is 3.81. The van der Waals surface area contributed by atoms with Gasteiger partial charge in [0.05, 0.1) is 18.6 Å². The largest absolute Gasteiger partial charge is 0.497 e. The third-order valence-corrected chi connectivity index (χ3v) is 4.22. The van der Waals surface area contributed by atoms with Gasteiger partial charge in [-0.3, -0.25) is 10.1 Å². The van der Waals surface area contributed by atoms with Crippen LogP contribution in [-0.2, 0) is 4.79 Å². The number of aromatic nitrogens is 6. The lowest BCUT2D eigenvalue weighted by Crippen LogP contribution is -2.14. The van der Waals surface area contributed by atoms with E-state index >= 15 is 0 Å². The van der Waals surface area contributed by atoms with E-state index in [1.54, 1.807) is 17.3 Å². The van der Waals surface area contributed by atoms with Crippen molar-refractivity contribution in [2.75, 3.05) is 18.2 Å². The van der Waals surface area contributed by atoms with E-state index in [0.29, 0.717) is 10.3 Å². The van der Waals surface area contributed by atoms with Crippen LogP contribution in [0.4, 0.5) is 5.13 Å². The second-order valence-electron chi connectivity index (χ2n) is 4.15. The maximum Gasteiger partial charge on any atom is 0.236 e. The van der Waals surface area contributed by atoms with Crippen LogP contribution in [-0.4, -0.2) is 49.2 Å². The van der Waals surface area contributed by atoms with Crippen LogP contribution >= 0.6 is 23.1 Å². The minimum atomic E-state index is -0.198. The molecule has 1 aromatic carbocycles. The summed E-state index contributed by atoms with van der Waals surface area (Å²) in [6.45, 7) is 0. The van der Waals surface area contributed by atoms with Crippen LogP contribution in [0, 0.1) is 0 Å². The molecule has 3 rings (SSSR count). The molecule has 118 valence electrons. The maximum atomic E-state index is 11.8. The number of methoxy groups -OCH3 is 1. The first kappa shape index (κ1) is 15.4. The summed E-state index contributed by atoms with van der Waals surface area (Å²) in [4.78, 5) is 11.8. The van der Waals surface area contributed by atoms with Gasteiger partial charge in [0.15, 0.2) is 0 Å². The molecule has 0 saturated heterocycles. The highest BCUT2D eigenvalue weighted by molar-refractivity contribution is 7.99. The van der Waals surface area contributed by atoms with E-state index in [9.17, 15) is 4.79 Å². The summed E-state index contributed by atoms with van der Waals surface area (Å²) in [5.74, 6) is 0.708. The van der Waals surface area contributed by atoms with Gasteiger partial charge in [-0.15, -0.1) is 15.3 Å². The van der Waals surface area contributed by atoms with Crippen LogP contribution in [0.2, 0.25) is 0 Å². The zero-order chi connectivity index (χ0) is 16.1. The van der Waals surface area contributed by atoms with E-state index < -0.39 is 0 Å². The van der Waals surface area contributed by atoms with E-state index in [0.717, 1.165) is 11.4 Å². The van der Waals surface area contributed by atoms with E-state index in [4.69, 9.17) is 4.74 Å². The van der Waals surface area contributed by atoms with E-state index in [1.807, 2.05) is 24.3 Å². The zero-order valence-corrected chi connectivity index (χ0v) is 13.5. The lowest BCUT2D eigenvalue weighted by Gasteiger charge is -2.05. The Morgan fingerprint density at radius 3 is 2.87 bits per heavy atom. The van der Waals surface area contributed by atoms with Crippen LogP contribution < -0.4 is 10.1 Å². The Kier molecular flexibility index (Phi) is 4.78. The monoisotopic (exact) mass is 349 g/mol. The average molecular weight is 349 g/mol. The molecule has 0 aliphatic carbocycles. The molecule has 0 aliphatic heterocycles. The molecule has 1 amide bonds. The second-order valence-corrected chi connectivity index (χ2v) is 5.93. The number of carbonyl (C=O) groups is 1. The zero-order valence-electron chi connectivity index (χ0n) is 11.9. The summed E-state index contributed by atoms with van der Waals surface area (Å²) >= 11 is 2.49. The Morgan fingerprint density at radius 2 is 2.17 bits per heavy atom. The van der Waals surface area contributed by atoms with Crippen molar-refractivity contribution < 1.29 is 9.53 Å². The van der Waals surface area contributed by atoms with Gasteiger partial charge in [0, 0.05) is 0 Å². The van der Waals surface area contributed by atoms with Crippen molar-refractivity contribution in [2.45, 2.75) is 5.16 Å². The fourth-order valence-corrected chi connectivity index (χ4v) is 2.82. The Balaban J connectivity index is 1.65. The molecule has 0 saturated carbocycles. The summed E-state index contributed by atoms with van der Waals surface area (Å²) in [5, 5.41) is 22.6. The number of ether oxygens (including phenoxy) is 1. The van der Waals surface area contributed by atoms with Gasteiger partial charge in [-0.2, -0.15) is 4.68 Å². The van der Waals surface area contributed by atoms with Crippen LogP contribution in [0.3, 0.4) is 0 Å². The molecule has 0 aliphatic rings. The van der Waals surface area contributed by atoms with Gasteiger partial charge in [-0.05, 0) is 34.7 Å². The molecule has 1 N–H and O–H groups in total. The van der Waals surface area contributed by atoms with Crippen LogP contribution in [0.25, 0.3) is 5.69 Å². The second kappa shape index (κ2) is 7.15. The number of anilines is 1. The molecule has 0 radical (unpaired) electrons. The highest BCUT2D eigenvalue weighted by atomic mass is 32.2. The predicted molar refractivity (Wildman–Crippen MR) is 85.0 cm³/mol. The number of amides is 1. The van der Waals surface area contributed by atoms with Gasteiger partial charge >= 0.3 is 0 Å². The van der Waals surface area contributed by atoms with Gasteiger partial charge in [-0.1, -0.05) is 23.1 Å². The van der Waals surface area contributed by atoms with Gasteiger partial charge in [0.1, 0.15) is 11.3 Å². The first-order chi connectivity index (χ1) is 11.3. The van der Waals surface area contributed by atoms with Crippen LogP contribution in [0.5, 0.6) is 5.75 Å². The molecule has 2 aromatic heterocycles. The maximum absolute atomic E-state index is 11.8. The number of hydrogen-bond acceptors (Lipinski definition) is 9. The van der Waals surface area contributed by atoms with Crippen molar-refractivity contribution in [3.63, 3.8) is 0 Å². The number of rotatable bonds is 6. The Hall–Kier alpha value is -2.53. The average Bonchev–Trinajstić information content (AvgIpc) is 3.24. The van der Waals surface area contributed by atoms with Crippen molar-refractivity contribution in [3.05, 3.63) is 29.8 Å². The lowest BCUT2D eigenvalue weighted by atomic mass is 10.3. The standard InChI is InChI=1S/C12H11N7O2S2/c1-21-9-4-2-8(3-5-9)19-12(16-17-18-19)22-6-10(20)14-11-15-13-7-23-11/h2-5,7H,6H2,1H3,(H,14,15,20). The first-order valence-corrected chi connectivity index (χ1v) is 8.24. The lowest BCUT2D eigenvalue weighted by molar-refractivity contribution is -0.113. The molecular formula is C12H11N7O2S2. The van der Waals surface area contributed by atoms with Crippen molar-refractivity contribution in [1.82, 2.24) is 30.4 Å². The molecular weight excluding hydrogens is 338 g/mol. The fourth-order valence-electron chi connectivity index (χ4n) is 1.67. The number of carbonyl (C=O) groups excluding carboxylic acids is 1. The smallest absolute Gasteiger partial charge is 0.236 e. The SMILES string of the molecule is COc1ccc(-n2nnnc2SCC(=O)Nc2nncs2)cc1. The molecule has 0 unspecified atom stereocenters. The number of hydrogen-bond donors (Lipinski definition) is 1. The highest BCUT2D eigenvalue weighted by Crippen LogP contribution is 2.20. The molecule has 23 heavy (non-hydrogen) atoms. The van der Waals surface area contributed by atoms with Crippen LogP contribution in [0.1, 0.15) is 0 Å². The van der Waals surface area contributed by atoms with Crippen molar-refractivity contribution in [2.24, 2.45) is 0 Å². The molecule has 0 fully saturated rings.